The summed E-state index contributed by atoms with van der Waals surface area (Å²) in [7, 11) is 4.74. The Labute approximate surface area is 208 Å². The zero-order valence-electron chi connectivity index (χ0n) is 20.1. The van der Waals surface area contributed by atoms with E-state index in [-0.39, 0.29) is 18.0 Å². The highest BCUT2D eigenvalue weighted by Gasteiger charge is 2.42. The van der Waals surface area contributed by atoms with Gasteiger partial charge in [0.1, 0.15) is 18.0 Å². The molecule has 8 heteroatoms. The van der Waals surface area contributed by atoms with Crippen molar-refractivity contribution >= 4 is 34.4 Å². The summed E-state index contributed by atoms with van der Waals surface area (Å²) < 4.78 is 12.0. The fraction of sp³-hybridized carbons (Fsp3) is 0.179. The van der Waals surface area contributed by atoms with Crippen LogP contribution in [-0.4, -0.2) is 48.0 Å². The molecule has 0 saturated heterocycles. The number of rotatable bonds is 6. The van der Waals surface area contributed by atoms with Crippen LogP contribution in [0.25, 0.3) is 10.9 Å². The lowest BCUT2D eigenvalue weighted by atomic mass is 9.98. The molecule has 0 saturated carbocycles. The molecule has 4 aromatic rings. The summed E-state index contributed by atoms with van der Waals surface area (Å²) in [6.45, 7) is -0.200. The van der Waals surface area contributed by atoms with Crippen LogP contribution in [0, 0.1) is 0 Å². The molecule has 1 N–H and O–H groups in total. The molecule has 36 heavy (non-hydrogen) atoms. The Kier molecular flexibility index (Phi) is 5.93. The third kappa shape index (κ3) is 3.76. The quantitative estimate of drug-likeness (QED) is 0.416. The Bertz CT molecular complexity index is 1490. The van der Waals surface area contributed by atoms with Gasteiger partial charge in [-0.2, -0.15) is 0 Å². The molecule has 1 unspecified atom stereocenters. The molecule has 8 nitrogen and oxygen atoms in total. The monoisotopic (exact) mass is 483 g/mol. The highest BCUT2D eigenvalue weighted by Crippen LogP contribution is 2.44. The molecular weight excluding hydrogens is 458 g/mol. The molecule has 1 aliphatic rings. The Hall–Kier alpha value is -4.59. The molecule has 1 aliphatic heterocycles. The molecule has 2 heterocycles. The van der Waals surface area contributed by atoms with Gasteiger partial charge in [0.25, 0.3) is 5.91 Å². The number of hydrogen-bond donors (Lipinski definition) is 1. The first-order chi connectivity index (χ1) is 17.4. The van der Waals surface area contributed by atoms with E-state index in [4.69, 9.17) is 9.47 Å². The third-order valence-corrected chi connectivity index (χ3v) is 6.55. The predicted molar refractivity (Wildman–Crippen MR) is 135 cm³/mol. The summed E-state index contributed by atoms with van der Waals surface area (Å²) in [6, 6.07) is 21.5. The van der Waals surface area contributed by atoms with Crippen LogP contribution in [-0.2, 0) is 16.6 Å². The lowest BCUT2D eigenvalue weighted by Crippen LogP contribution is -2.37. The maximum absolute atomic E-state index is 13.7. The summed E-state index contributed by atoms with van der Waals surface area (Å²) in [5.74, 6) is -0.515. The van der Waals surface area contributed by atoms with E-state index in [0.29, 0.717) is 17.1 Å². The SMILES string of the molecule is COC(=O)c1ccccc1NC(=O)CN1C(=O)c2c(c3ccccc3n2C)C1c1ccc(OC)cc1. The number of nitrogens with zero attached hydrogens (tertiary/aromatic N) is 2. The Balaban J connectivity index is 1.53. The molecule has 0 aliphatic carbocycles. The molecule has 0 radical (unpaired) electrons. The standard InChI is InChI=1S/C28H25N3O5/c1-30-22-11-7-5-9-20(22)24-25(17-12-14-18(35-2)15-13-17)31(27(33)26(24)30)16-23(32)29-21-10-6-4-8-19(21)28(34)36-3/h4-15,25H,16H2,1-3H3,(H,29,32). The minimum absolute atomic E-state index is 0.200. The molecule has 2 amide bonds. The average molecular weight is 484 g/mol. The molecular formula is C28H25N3O5. The number of esters is 1. The van der Waals surface area contributed by atoms with Gasteiger partial charge in [-0.3, -0.25) is 9.59 Å². The number of benzene rings is 3. The molecule has 182 valence electrons. The third-order valence-electron chi connectivity index (χ3n) is 6.55. The summed E-state index contributed by atoms with van der Waals surface area (Å²) in [5, 5.41) is 3.73. The molecule has 0 bridgehead atoms. The second-order valence-electron chi connectivity index (χ2n) is 8.53. The number of carbonyl (C=O) groups excluding carboxylic acids is 3. The Morgan fingerprint density at radius 3 is 2.36 bits per heavy atom. The first-order valence-corrected chi connectivity index (χ1v) is 11.4. The highest BCUT2D eigenvalue weighted by atomic mass is 16.5. The van der Waals surface area contributed by atoms with Gasteiger partial charge in [0, 0.05) is 23.5 Å². The number of methoxy groups -OCH3 is 2. The maximum atomic E-state index is 13.7. The number of anilines is 1. The van der Waals surface area contributed by atoms with Gasteiger partial charge in [-0.25, -0.2) is 4.79 Å². The molecule has 5 rings (SSSR count). The molecule has 1 atom stereocenters. The normalized spacial score (nSPS) is 14.6. The number of para-hydroxylation sites is 2. The van der Waals surface area contributed by atoms with Gasteiger partial charge < -0.3 is 24.3 Å². The van der Waals surface area contributed by atoms with Crippen LogP contribution in [0.3, 0.4) is 0 Å². The number of amides is 2. The van der Waals surface area contributed by atoms with Gasteiger partial charge in [0.15, 0.2) is 0 Å². The number of aromatic nitrogens is 1. The average Bonchev–Trinajstić information content (AvgIpc) is 3.35. The zero-order valence-corrected chi connectivity index (χ0v) is 20.1. The molecule has 3 aromatic carbocycles. The van der Waals surface area contributed by atoms with E-state index < -0.39 is 17.9 Å². The zero-order chi connectivity index (χ0) is 25.4. The molecule has 0 fully saturated rings. The van der Waals surface area contributed by atoms with Crippen molar-refractivity contribution in [2.45, 2.75) is 6.04 Å². The molecule has 1 aromatic heterocycles. The minimum atomic E-state index is -0.557. The number of aryl methyl sites for hydroxylation is 1. The number of carbonyl (C=O) groups is 3. The van der Waals surface area contributed by atoms with Gasteiger partial charge in [0.2, 0.25) is 5.91 Å². The van der Waals surface area contributed by atoms with Crippen molar-refractivity contribution in [1.82, 2.24) is 9.47 Å². The van der Waals surface area contributed by atoms with Crippen molar-refractivity contribution in [3.05, 3.63) is 95.2 Å². The van der Waals surface area contributed by atoms with Gasteiger partial charge in [-0.05, 0) is 35.9 Å². The smallest absolute Gasteiger partial charge is 0.339 e. The molecule has 0 spiro atoms. The number of nitrogens with one attached hydrogen (secondary N) is 1. The van der Waals surface area contributed by atoms with Gasteiger partial charge in [-0.15, -0.1) is 0 Å². The van der Waals surface area contributed by atoms with E-state index in [1.54, 1.807) is 36.3 Å². The van der Waals surface area contributed by atoms with E-state index in [1.807, 2.05) is 60.1 Å². The van der Waals surface area contributed by atoms with Crippen LogP contribution in [0.4, 0.5) is 5.69 Å². The van der Waals surface area contributed by atoms with E-state index >= 15 is 0 Å². The van der Waals surface area contributed by atoms with Crippen LogP contribution in [0.1, 0.15) is 38.0 Å². The van der Waals surface area contributed by atoms with Gasteiger partial charge >= 0.3 is 5.97 Å². The fourth-order valence-corrected chi connectivity index (χ4v) is 4.89. The Morgan fingerprint density at radius 2 is 1.64 bits per heavy atom. The van der Waals surface area contributed by atoms with Gasteiger partial charge in [-0.1, -0.05) is 42.5 Å². The van der Waals surface area contributed by atoms with E-state index in [1.165, 1.54) is 7.11 Å². The van der Waals surface area contributed by atoms with Crippen LogP contribution in [0.15, 0.2) is 72.8 Å². The lowest BCUT2D eigenvalue weighted by Gasteiger charge is -2.26. The summed E-state index contributed by atoms with van der Waals surface area (Å²) in [5.41, 5.74) is 3.80. The summed E-state index contributed by atoms with van der Waals surface area (Å²) >= 11 is 0. The van der Waals surface area contributed by atoms with E-state index in [0.717, 1.165) is 22.0 Å². The van der Waals surface area contributed by atoms with Gasteiger partial charge in [0.05, 0.1) is 31.5 Å². The van der Waals surface area contributed by atoms with Crippen molar-refractivity contribution in [3.63, 3.8) is 0 Å². The minimum Gasteiger partial charge on any atom is -0.497 e. The largest absolute Gasteiger partial charge is 0.497 e. The maximum Gasteiger partial charge on any atom is 0.339 e. The fourth-order valence-electron chi connectivity index (χ4n) is 4.89. The topological polar surface area (TPSA) is 89.9 Å². The summed E-state index contributed by atoms with van der Waals surface area (Å²) in [6.07, 6.45) is 0. The van der Waals surface area contributed by atoms with Crippen LogP contribution in [0.5, 0.6) is 5.75 Å². The van der Waals surface area contributed by atoms with Crippen molar-refractivity contribution < 1.29 is 23.9 Å². The van der Waals surface area contributed by atoms with Crippen molar-refractivity contribution in [2.75, 3.05) is 26.1 Å². The predicted octanol–water partition coefficient (Wildman–Crippen LogP) is 4.16. The number of hydrogen-bond acceptors (Lipinski definition) is 5. The first-order valence-electron chi connectivity index (χ1n) is 11.4. The van der Waals surface area contributed by atoms with Crippen LogP contribution in [0.2, 0.25) is 0 Å². The second kappa shape index (κ2) is 9.22. The number of fused-ring (bicyclic) bond motifs is 3. The van der Waals surface area contributed by atoms with Crippen molar-refractivity contribution in [1.29, 1.82) is 0 Å². The van der Waals surface area contributed by atoms with Crippen molar-refractivity contribution in [3.8, 4) is 5.75 Å². The lowest BCUT2D eigenvalue weighted by molar-refractivity contribution is -0.117. The van der Waals surface area contributed by atoms with E-state index in [9.17, 15) is 14.4 Å². The summed E-state index contributed by atoms with van der Waals surface area (Å²) in [4.78, 5) is 40.6. The first kappa shape index (κ1) is 23.2. The van der Waals surface area contributed by atoms with Crippen molar-refractivity contribution in [2.24, 2.45) is 7.05 Å². The highest BCUT2D eigenvalue weighted by molar-refractivity contribution is 6.08. The Morgan fingerprint density at radius 1 is 0.944 bits per heavy atom. The number of ether oxygens (including phenoxy) is 2. The van der Waals surface area contributed by atoms with Crippen LogP contribution >= 0.6 is 0 Å². The second-order valence-corrected chi connectivity index (χ2v) is 8.53. The van der Waals surface area contributed by atoms with Crippen LogP contribution < -0.4 is 10.1 Å². The van der Waals surface area contributed by atoms with E-state index in [2.05, 4.69) is 5.32 Å².